The van der Waals surface area contributed by atoms with Crippen LogP contribution in [0.1, 0.15) is 41.9 Å². The maximum atomic E-state index is 12.5. The summed E-state index contributed by atoms with van der Waals surface area (Å²) < 4.78 is 0. The molecule has 28 heavy (non-hydrogen) atoms. The second-order valence-electron chi connectivity index (χ2n) is 8.34. The number of thiophene rings is 1. The molecule has 2 fully saturated rings. The minimum Gasteiger partial charge on any atom is -0.355 e. The van der Waals surface area contributed by atoms with Crippen molar-refractivity contribution >= 4 is 33.3 Å². The van der Waals surface area contributed by atoms with Crippen molar-refractivity contribution in [3.05, 3.63) is 16.3 Å². The quantitative estimate of drug-likeness (QED) is 0.794. The van der Waals surface area contributed by atoms with Crippen LogP contribution >= 0.6 is 11.3 Å². The largest absolute Gasteiger partial charge is 0.355 e. The Labute approximate surface area is 170 Å². The topological polar surface area (TPSA) is 52.6 Å². The van der Waals surface area contributed by atoms with Crippen LogP contribution in [0.3, 0.4) is 0 Å². The number of carbonyl (C=O) groups is 1. The van der Waals surface area contributed by atoms with E-state index < -0.39 is 0 Å². The van der Waals surface area contributed by atoms with E-state index in [1.165, 1.54) is 35.1 Å². The molecule has 0 spiro atoms. The Kier molecular flexibility index (Phi) is 4.97. The summed E-state index contributed by atoms with van der Waals surface area (Å²) in [5.41, 5.74) is 1.50. The molecule has 2 saturated heterocycles. The van der Waals surface area contributed by atoms with E-state index in [2.05, 4.69) is 9.80 Å². The number of likely N-dealkylation sites (tertiary alicyclic amines) is 1. The summed E-state index contributed by atoms with van der Waals surface area (Å²) in [4.78, 5) is 31.7. The van der Waals surface area contributed by atoms with Crippen molar-refractivity contribution in [1.29, 1.82) is 0 Å². The number of anilines is 1. The molecule has 7 heteroatoms. The van der Waals surface area contributed by atoms with Gasteiger partial charge in [-0.1, -0.05) is 0 Å². The third-order valence-electron chi connectivity index (χ3n) is 6.36. The second-order valence-corrected chi connectivity index (χ2v) is 9.42. The highest BCUT2D eigenvalue weighted by Crippen LogP contribution is 2.40. The highest BCUT2D eigenvalue weighted by Gasteiger charge is 2.27. The van der Waals surface area contributed by atoms with Crippen LogP contribution in [0.5, 0.6) is 0 Å². The van der Waals surface area contributed by atoms with Crippen LogP contribution in [0.15, 0.2) is 0 Å². The summed E-state index contributed by atoms with van der Waals surface area (Å²) in [6.45, 7) is 8.32. The van der Waals surface area contributed by atoms with E-state index in [9.17, 15) is 4.79 Å². The van der Waals surface area contributed by atoms with Gasteiger partial charge < -0.3 is 9.80 Å². The van der Waals surface area contributed by atoms with Crippen molar-refractivity contribution in [2.75, 3.05) is 50.7 Å². The number of rotatable bonds is 3. The summed E-state index contributed by atoms with van der Waals surface area (Å²) in [6.07, 6.45) is 7.02. The summed E-state index contributed by atoms with van der Waals surface area (Å²) in [5.74, 6) is 2.31. The number of aryl methyl sites for hydroxylation is 3. The van der Waals surface area contributed by atoms with Gasteiger partial charge in [-0.05, 0) is 51.0 Å². The predicted molar refractivity (Wildman–Crippen MR) is 113 cm³/mol. The molecule has 6 nitrogen and oxygen atoms in total. The van der Waals surface area contributed by atoms with Crippen molar-refractivity contribution in [3.8, 4) is 0 Å². The Morgan fingerprint density at radius 3 is 2.68 bits per heavy atom. The van der Waals surface area contributed by atoms with E-state index in [4.69, 9.17) is 9.97 Å². The average Bonchev–Trinajstić information content (AvgIpc) is 3.37. The third kappa shape index (κ3) is 3.39. The standard InChI is InChI=1S/C21H29N5OS/c1-15-22-20(19-16-6-4-7-17(16)28-21(19)23-15)26-11-5-8-24(12-13-26)14-18(27)25-9-2-3-10-25/h2-14H2,1H3. The Hall–Kier alpha value is -1.73. The molecule has 2 aliphatic heterocycles. The molecule has 0 bridgehead atoms. The SMILES string of the molecule is Cc1nc(N2CCCN(CC(=O)N3CCCC3)CC2)c2c3c(sc2n1)CCC3. The van der Waals surface area contributed by atoms with E-state index in [-0.39, 0.29) is 0 Å². The minimum absolute atomic E-state index is 0.307. The lowest BCUT2D eigenvalue weighted by Crippen LogP contribution is -2.40. The van der Waals surface area contributed by atoms with Crippen molar-refractivity contribution in [3.63, 3.8) is 0 Å². The summed E-state index contributed by atoms with van der Waals surface area (Å²) in [6, 6.07) is 0. The van der Waals surface area contributed by atoms with Gasteiger partial charge in [0.25, 0.3) is 0 Å². The summed E-state index contributed by atoms with van der Waals surface area (Å²) in [7, 11) is 0. The Bertz CT molecular complexity index is 889. The molecule has 0 atom stereocenters. The van der Waals surface area contributed by atoms with E-state index in [1.54, 1.807) is 0 Å². The number of hydrogen-bond donors (Lipinski definition) is 0. The number of fused-ring (bicyclic) bond motifs is 3. The van der Waals surface area contributed by atoms with Crippen LogP contribution in [-0.4, -0.2) is 71.5 Å². The first kappa shape index (κ1) is 18.3. The first-order valence-corrected chi connectivity index (χ1v) is 11.5. The van der Waals surface area contributed by atoms with Gasteiger partial charge in [0.2, 0.25) is 5.91 Å². The van der Waals surface area contributed by atoms with Crippen LogP contribution < -0.4 is 4.90 Å². The monoisotopic (exact) mass is 399 g/mol. The van der Waals surface area contributed by atoms with Crippen LogP contribution in [0.4, 0.5) is 5.82 Å². The van der Waals surface area contributed by atoms with Crippen LogP contribution in [0.2, 0.25) is 0 Å². The summed E-state index contributed by atoms with van der Waals surface area (Å²) >= 11 is 1.87. The number of hydrogen-bond acceptors (Lipinski definition) is 6. The van der Waals surface area contributed by atoms with Gasteiger partial charge in [0, 0.05) is 44.1 Å². The normalized spacial score (nSPS) is 20.8. The predicted octanol–water partition coefficient (Wildman–Crippen LogP) is 2.62. The van der Waals surface area contributed by atoms with Gasteiger partial charge in [-0.3, -0.25) is 9.69 Å². The molecule has 1 aliphatic carbocycles. The number of amides is 1. The number of carbonyl (C=O) groups excluding carboxylic acids is 1. The fraction of sp³-hybridized carbons (Fsp3) is 0.667. The molecule has 2 aromatic heterocycles. The van der Waals surface area contributed by atoms with E-state index in [1.807, 2.05) is 23.2 Å². The highest BCUT2D eigenvalue weighted by molar-refractivity contribution is 7.19. The highest BCUT2D eigenvalue weighted by atomic mass is 32.1. The molecular weight excluding hydrogens is 370 g/mol. The molecule has 0 saturated carbocycles. The molecule has 0 unspecified atom stereocenters. The zero-order valence-corrected chi connectivity index (χ0v) is 17.6. The summed E-state index contributed by atoms with van der Waals surface area (Å²) in [5, 5.41) is 1.31. The Balaban J connectivity index is 1.34. The Morgan fingerprint density at radius 1 is 0.964 bits per heavy atom. The van der Waals surface area contributed by atoms with E-state index >= 15 is 0 Å². The van der Waals surface area contributed by atoms with Gasteiger partial charge in [0.15, 0.2) is 0 Å². The first-order chi connectivity index (χ1) is 13.7. The lowest BCUT2D eigenvalue weighted by molar-refractivity contribution is -0.131. The van der Waals surface area contributed by atoms with Crippen molar-refractivity contribution in [2.24, 2.45) is 0 Å². The minimum atomic E-state index is 0.307. The van der Waals surface area contributed by atoms with Crippen molar-refractivity contribution < 1.29 is 4.79 Å². The maximum Gasteiger partial charge on any atom is 0.236 e. The van der Waals surface area contributed by atoms with E-state index in [0.29, 0.717) is 12.5 Å². The molecule has 3 aliphatic rings. The van der Waals surface area contributed by atoms with Gasteiger partial charge in [0.1, 0.15) is 16.5 Å². The maximum absolute atomic E-state index is 12.5. The molecule has 0 radical (unpaired) electrons. The lowest BCUT2D eigenvalue weighted by atomic mass is 10.1. The van der Waals surface area contributed by atoms with Gasteiger partial charge in [-0.15, -0.1) is 11.3 Å². The van der Waals surface area contributed by atoms with Gasteiger partial charge in [-0.2, -0.15) is 0 Å². The second kappa shape index (κ2) is 7.59. The lowest BCUT2D eigenvalue weighted by Gasteiger charge is -2.25. The average molecular weight is 400 g/mol. The molecule has 5 rings (SSSR count). The molecule has 2 aromatic rings. The molecule has 0 N–H and O–H groups in total. The van der Waals surface area contributed by atoms with Gasteiger partial charge >= 0.3 is 0 Å². The molecule has 150 valence electrons. The Morgan fingerprint density at radius 2 is 1.82 bits per heavy atom. The zero-order valence-electron chi connectivity index (χ0n) is 16.7. The molecule has 0 aromatic carbocycles. The van der Waals surface area contributed by atoms with Crippen LogP contribution in [0, 0.1) is 6.92 Å². The third-order valence-corrected chi connectivity index (χ3v) is 7.55. The van der Waals surface area contributed by atoms with Crippen LogP contribution in [-0.2, 0) is 17.6 Å². The fourth-order valence-electron chi connectivity index (χ4n) is 4.91. The molecular formula is C21H29N5OS. The first-order valence-electron chi connectivity index (χ1n) is 10.7. The van der Waals surface area contributed by atoms with Crippen LogP contribution in [0.25, 0.3) is 10.2 Å². The van der Waals surface area contributed by atoms with E-state index in [0.717, 1.165) is 75.0 Å². The smallest absolute Gasteiger partial charge is 0.236 e. The van der Waals surface area contributed by atoms with Gasteiger partial charge in [0.05, 0.1) is 11.9 Å². The zero-order chi connectivity index (χ0) is 19.1. The van der Waals surface area contributed by atoms with Crippen molar-refractivity contribution in [1.82, 2.24) is 19.8 Å². The number of nitrogens with zero attached hydrogens (tertiary/aromatic N) is 5. The molecule has 1 amide bonds. The molecule has 4 heterocycles. The van der Waals surface area contributed by atoms with Gasteiger partial charge in [-0.25, -0.2) is 9.97 Å². The number of aromatic nitrogens is 2. The van der Waals surface area contributed by atoms with Crippen molar-refractivity contribution in [2.45, 2.75) is 45.4 Å². The fourth-order valence-corrected chi connectivity index (χ4v) is 6.21.